The molecule has 0 radical (unpaired) electrons. The Balaban J connectivity index is 1.72. The minimum absolute atomic E-state index is 0.260. The fraction of sp³-hybridized carbons (Fsp3) is 0.368. The van der Waals surface area contributed by atoms with Crippen molar-refractivity contribution < 1.29 is 9.53 Å². The van der Waals surface area contributed by atoms with Crippen LogP contribution in [-0.2, 0) is 0 Å². The van der Waals surface area contributed by atoms with Crippen LogP contribution in [0.25, 0.3) is 0 Å². The summed E-state index contributed by atoms with van der Waals surface area (Å²) < 4.78 is 6.19. The molecule has 1 aromatic heterocycles. The molecule has 1 aromatic carbocycles. The predicted octanol–water partition coefficient (Wildman–Crippen LogP) is 4.25. The zero-order valence-electron chi connectivity index (χ0n) is 13.9. The molecule has 2 amide bonds. The summed E-state index contributed by atoms with van der Waals surface area (Å²) in [6, 6.07) is 11.3. The molecule has 126 valence electrons. The maximum atomic E-state index is 12.5. The molecule has 5 heteroatoms. The van der Waals surface area contributed by atoms with E-state index in [4.69, 9.17) is 4.74 Å². The molecule has 1 aliphatic rings. The summed E-state index contributed by atoms with van der Waals surface area (Å²) in [7, 11) is 0. The van der Waals surface area contributed by atoms with Crippen LogP contribution in [0.4, 0.5) is 10.5 Å². The van der Waals surface area contributed by atoms with Gasteiger partial charge in [0.2, 0.25) is 0 Å². The molecular weight excluding hydrogens is 302 g/mol. The van der Waals surface area contributed by atoms with E-state index >= 15 is 0 Å². The van der Waals surface area contributed by atoms with Crippen LogP contribution in [0, 0.1) is 6.92 Å². The van der Waals surface area contributed by atoms with Crippen LogP contribution in [0.5, 0.6) is 5.75 Å². The van der Waals surface area contributed by atoms with Crippen molar-refractivity contribution >= 4 is 11.7 Å². The lowest BCUT2D eigenvalue weighted by atomic mass is 9.91. The molecule has 3 rings (SSSR count). The van der Waals surface area contributed by atoms with Gasteiger partial charge in [-0.25, -0.2) is 4.79 Å². The third-order valence-corrected chi connectivity index (χ3v) is 4.35. The Labute approximate surface area is 142 Å². The van der Waals surface area contributed by atoms with Gasteiger partial charge in [0, 0.05) is 19.0 Å². The summed E-state index contributed by atoms with van der Waals surface area (Å²) in [6.45, 7) is 1.94. The highest BCUT2D eigenvalue weighted by Crippen LogP contribution is 2.31. The van der Waals surface area contributed by atoms with Crippen molar-refractivity contribution in [3.8, 4) is 5.75 Å². The average molecular weight is 325 g/mol. The van der Waals surface area contributed by atoms with Crippen LogP contribution in [0.3, 0.4) is 0 Å². The lowest BCUT2D eigenvalue weighted by Gasteiger charge is -2.38. The van der Waals surface area contributed by atoms with Crippen LogP contribution >= 0.6 is 0 Å². The van der Waals surface area contributed by atoms with E-state index in [-0.39, 0.29) is 6.03 Å². The van der Waals surface area contributed by atoms with Gasteiger partial charge in [-0.1, -0.05) is 24.6 Å². The summed E-state index contributed by atoms with van der Waals surface area (Å²) in [5, 5.41) is 5.93. The van der Waals surface area contributed by atoms with Crippen LogP contribution in [0.15, 0.2) is 48.8 Å². The summed E-state index contributed by atoms with van der Waals surface area (Å²) >= 11 is 0. The Hall–Kier alpha value is -2.56. The van der Waals surface area contributed by atoms with E-state index in [1.54, 1.807) is 12.4 Å². The highest BCUT2D eigenvalue weighted by molar-refractivity contribution is 5.90. The van der Waals surface area contributed by atoms with Crippen molar-refractivity contribution in [3.05, 3.63) is 54.4 Å². The topological polar surface area (TPSA) is 63.2 Å². The number of carbonyl (C=O) groups excluding carboxylic acids is 1. The number of aryl methyl sites for hydroxylation is 1. The van der Waals surface area contributed by atoms with E-state index in [2.05, 4.69) is 15.6 Å². The molecule has 0 bridgehead atoms. The Kier molecular flexibility index (Phi) is 4.99. The highest BCUT2D eigenvalue weighted by atomic mass is 16.5. The fourth-order valence-corrected chi connectivity index (χ4v) is 3.04. The van der Waals surface area contributed by atoms with Gasteiger partial charge in [0.05, 0.1) is 11.9 Å². The summed E-state index contributed by atoms with van der Waals surface area (Å²) in [4.78, 5) is 16.6. The average Bonchev–Trinajstić information content (AvgIpc) is 2.58. The third kappa shape index (κ3) is 4.04. The zero-order valence-corrected chi connectivity index (χ0v) is 13.9. The third-order valence-electron chi connectivity index (χ3n) is 4.35. The zero-order chi connectivity index (χ0) is 16.8. The standard InChI is InChI=1S/C19H23N3O2/c1-15-10-13-20-14-17(15)21-18(23)22-19(11-6-3-7-12-19)24-16-8-4-2-5-9-16/h2,4-5,8-10,13-14H,3,6-7,11-12H2,1H3,(H2,21,22,23). The molecule has 0 atom stereocenters. The number of nitrogens with one attached hydrogen (secondary N) is 2. The van der Waals surface area contributed by atoms with Crippen LogP contribution in [0.1, 0.15) is 37.7 Å². The number of carbonyl (C=O) groups is 1. The molecule has 0 saturated heterocycles. The second-order valence-electron chi connectivity index (χ2n) is 6.24. The van der Waals surface area contributed by atoms with Crippen molar-refractivity contribution in [1.29, 1.82) is 0 Å². The van der Waals surface area contributed by atoms with E-state index in [0.717, 1.165) is 37.0 Å². The first-order chi connectivity index (χ1) is 11.7. The summed E-state index contributed by atoms with van der Waals surface area (Å²) in [5.74, 6) is 0.775. The summed E-state index contributed by atoms with van der Waals surface area (Å²) in [6.07, 6.45) is 8.23. The lowest BCUT2D eigenvalue weighted by molar-refractivity contribution is 0.0100. The van der Waals surface area contributed by atoms with E-state index < -0.39 is 5.72 Å². The Bertz CT molecular complexity index is 682. The maximum Gasteiger partial charge on any atom is 0.322 e. The van der Waals surface area contributed by atoms with Gasteiger partial charge >= 0.3 is 6.03 Å². The molecule has 2 aromatic rings. The summed E-state index contributed by atoms with van der Waals surface area (Å²) in [5.41, 5.74) is 1.03. The van der Waals surface area contributed by atoms with E-state index in [1.807, 2.05) is 43.3 Å². The van der Waals surface area contributed by atoms with E-state index in [0.29, 0.717) is 5.69 Å². The largest absolute Gasteiger partial charge is 0.468 e. The fourth-order valence-electron chi connectivity index (χ4n) is 3.04. The molecule has 1 saturated carbocycles. The van der Waals surface area contributed by atoms with Gasteiger partial charge in [0.25, 0.3) is 0 Å². The first-order valence-electron chi connectivity index (χ1n) is 8.41. The molecule has 0 unspecified atom stereocenters. The van der Waals surface area contributed by atoms with Crippen LogP contribution < -0.4 is 15.4 Å². The van der Waals surface area contributed by atoms with Gasteiger partial charge in [-0.2, -0.15) is 0 Å². The molecular formula is C19H23N3O2. The quantitative estimate of drug-likeness (QED) is 0.826. The molecule has 24 heavy (non-hydrogen) atoms. The molecule has 1 fully saturated rings. The molecule has 1 heterocycles. The monoisotopic (exact) mass is 325 g/mol. The number of hydrogen-bond donors (Lipinski definition) is 2. The van der Waals surface area contributed by atoms with Gasteiger partial charge in [-0.3, -0.25) is 10.3 Å². The first-order valence-corrected chi connectivity index (χ1v) is 8.41. The van der Waals surface area contributed by atoms with E-state index in [1.165, 1.54) is 6.42 Å². The number of benzene rings is 1. The number of urea groups is 1. The van der Waals surface area contributed by atoms with Crippen molar-refractivity contribution in [2.45, 2.75) is 44.8 Å². The minimum Gasteiger partial charge on any atom is -0.468 e. The molecule has 0 aliphatic heterocycles. The Morgan fingerprint density at radius 3 is 2.58 bits per heavy atom. The minimum atomic E-state index is -0.653. The number of anilines is 1. The molecule has 5 nitrogen and oxygen atoms in total. The number of rotatable bonds is 4. The maximum absolute atomic E-state index is 12.5. The predicted molar refractivity (Wildman–Crippen MR) is 94.0 cm³/mol. The number of para-hydroxylation sites is 1. The molecule has 1 aliphatic carbocycles. The van der Waals surface area contributed by atoms with Crippen LogP contribution in [-0.4, -0.2) is 16.7 Å². The Morgan fingerprint density at radius 1 is 1.12 bits per heavy atom. The highest BCUT2D eigenvalue weighted by Gasteiger charge is 2.36. The number of hydrogen-bond acceptors (Lipinski definition) is 3. The van der Waals surface area contributed by atoms with Gasteiger partial charge in [0.15, 0.2) is 5.72 Å². The second kappa shape index (κ2) is 7.34. The number of aromatic nitrogens is 1. The smallest absolute Gasteiger partial charge is 0.322 e. The normalized spacial score (nSPS) is 16.2. The number of ether oxygens (including phenoxy) is 1. The van der Waals surface area contributed by atoms with Crippen molar-refractivity contribution in [3.63, 3.8) is 0 Å². The number of amides is 2. The lowest BCUT2D eigenvalue weighted by Crippen LogP contribution is -2.55. The van der Waals surface area contributed by atoms with Gasteiger partial charge < -0.3 is 10.1 Å². The second-order valence-corrected chi connectivity index (χ2v) is 6.24. The Morgan fingerprint density at radius 2 is 1.88 bits per heavy atom. The first kappa shape index (κ1) is 16.3. The van der Waals surface area contributed by atoms with Crippen molar-refractivity contribution in [2.24, 2.45) is 0 Å². The molecule has 2 N–H and O–H groups in total. The van der Waals surface area contributed by atoms with Gasteiger partial charge in [0.1, 0.15) is 5.75 Å². The van der Waals surface area contributed by atoms with Crippen molar-refractivity contribution in [2.75, 3.05) is 5.32 Å². The van der Waals surface area contributed by atoms with Gasteiger partial charge in [-0.05, 0) is 43.5 Å². The number of pyridine rings is 1. The van der Waals surface area contributed by atoms with Gasteiger partial charge in [-0.15, -0.1) is 0 Å². The van der Waals surface area contributed by atoms with Crippen LogP contribution in [0.2, 0.25) is 0 Å². The SMILES string of the molecule is Cc1ccncc1NC(=O)NC1(Oc2ccccc2)CCCCC1. The van der Waals surface area contributed by atoms with Crippen molar-refractivity contribution in [1.82, 2.24) is 10.3 Å². The number of nitrogens with zero attached hydrogens (tertiary/aromatic N) is 1. The van der Waals surface area contributed by atoms with E-state index in [9.17, 15) is 4.79 Å². The molecule has 0 spiro atoms.